The molecule has 0 aliphatic carbocycles. The van der Waals surface area contributed by atoms with Gasteiger partial charge in [0.15, 0.2) is 5.79 Å². The van der Waals surface area contributed by atoms with Crippen LogP contribution < -0.4 is 11.1 Å². The summed E-state index contributed by atoms with van der Waals surface area (Å²) in [7, 11) is 2.23. The SMILES string of the molecule is CCCCCCCCCCCCCCCCCCC1(CCCCCCCCCCCCCCCCCC)OCC(CCN(C)CCCCCC(=O)NCCOCCOCCN)O1. The van der Waals surface area contributed by atoms with Gasteiger partial charge in [0.05, 0.1) is 39.1 Å². The molecule has 1 atom stereocenters. The lowest BCUT2D eigenvalue weighted by atomic mass is 9.98. The van der Waals surface area contributed by atoms with Crippen LogP contribution in [-0.4, -0.2) is 89.0 Å². The third-order valence-electron chi connectivity index (χ3n) is 13.2. The van der Waals surface area contributed by atoms with Gasteiger partial charge in [-0.25, -0.2) is 0 Å². The van der Waals surface area contributed by atoms with Gasteiger partial charge in [0.2, 0.25) is 5.91 Å². The van der Waals surface area contributed by atoms with E-state index < -0.39 is 0 Å². The number of rotatable bonds is 51. The summed E-state index contributed by atoms with van der Waals surface area (Å²) in [5.74, 6) is -0.247. The number of hydrogen-bond donors (Lipinski definition) is 2. The minimum atomic E-state index is -0.360. The van der Waals surface area contributed by atoms with Crippen LogP contribution in [0.2, 0.25) is 0 Å². The summed E-state index contributed by atoms with van der Waals surface area (Å²) in [5, 5.41) is 2.96. The van der Waals surface area contributed by atoms with Gasteiger partial charge in [0.25, 0.3) is 0 Å². The molecule has 1 aliphatic heterocycles. The third-order valence-corrected chi connectivity index (χ3v) is 13.2. The van der Waals surface area contributed by atoms with Gasteiger partial charge in [-0.2, -0.15) is 0 Å². The molecular formula is C54H109N3O5. The summed E-state index contributed by atoms with van der Waals surface area (Å²) in [6, 6.07) is 0. The van der Waals surface area contributed by atoms with Crippen LogP contribution in [0.25, 0.3) is 0 Å². The molecule has 0 bridgehead atoms. The van der Waals surface area contributed by atoms with E-state index in [1.54, 1.807) is 0 Å². The van der Waals surface area contributed by atoms with Crippen LogP contribution in [0, 0.1) is 0 Å². The number of nitrogens with two attached hydrogens (primary N) is 1. The van der Waals surface area contributed by atoms with Crippen molar-refractivity contribution in [1.82, 2.24) is 10.2 Å². The number of ether oxygens (including phenoxy) is 4. The molecule has 1 unspecified atom stereocenters. The normalized spacial score (nSPS) is 15.0. The third kappa shape index (κ3) is 39.6. The minimum absolute atomic E-state index is 0.113. The summed E-state index contributed by atoms with van der Waals surface area (Å²) in [6.07, 6.45) is 51.9. The molecule has 1 amide bonds. The van der Waals surface area contributed by atoms with Crippen molar-refractivity contribution in [3.8, 4) is 0 Å². The average molecular weight is 880 g/mol. The highest BCUT2D eigenvalue weighted by atomic mass is 16.7. The maximum absolute atomic E-state index is 12.2. The Bertz CT molecular complexity index is 873. The molecule has 0 aromatic heterocycles. The summed E-state index contributed by atoms with van der Waals surface area (Å²) in [4.78, 5) is 14.6. The lowest BCUT2D eigenvalue weighted by Gasteiger charge is -2.29. The van der Waals surface area contributed by atoms with Crippen molar-refractivity contribution in [2.24, 2.45) is 5.73 Å². The zero-order valence-corrected chi connectivity index (χ0v) is 42.1. The van der Waals surface area contributed by atoms with Crippen LogP contribution in [-0.2, 0) is 23.7 Å². The summed E-state index contributed by atoms with van der Waals surface area (Å²) < 4.78 is 24.3. The highest BCUT2D eigenvalue weighted by molar-refractivity contribution is 5.75. The molecule has 8 nitrogen and oxygen atoms in total. The highest BCUT2D eigenvalue weighted by Crippen LogP contribution is 2.36. The van der Waals surface area contributed by atoms with Gasteiger partial charge in [-0.3, -0.25) is 4.79 Å². The highest BCUT2D eigenvalue weighted by Gasteiger charge is 2.40. The van der Waals surface area contributed by atoms with Crippen molar-refractivity contribution >= 4 is 5.91 Å². The number of carbonyl (C=O) groups excluding carboxylic acids is 1. The molecule has 3 N–H and O–H groups in total. The second kappa shape index (κ2) is 46.7. The topological polar surface area (TPSA) is 95.3 Å². The fourth-order valence-corrected chi connectivity index (χ4v) is 9.11. The van der Waals surface area contributed by atoms with E-state index in [1.165, 1.54) is 205 Å². The first-order valence-corrected chi connectivity index (χ1v) is 27.7. The Morgan fingerprint density at radius 2 is 0.952 bits per heavy atom. The Morgan fingerprint density at radius 1 is 0.548 bits per heavy atom. The summed E-state index contributed by atoms with van der Waals surface area (Å²) in [6.45, 7) is 10.6. The van der Waals surface area contributed by atoms with Crippen molar-refractivity contribution in [3.05, 3.63) is 0 Å². The predicted molar refractivity (Wildman–Crippen MR) is 266 cm³/mol. The Labute approximate surface area is 386 Å². The number of hydrogen-bond acceptors (Lipinski definition) is 7. The van der Waals surface area contributed by atoms with Crippen LogP contribution >= 0.6 is 0 Å². The molecular weight excluding hydrogens is 771 g/mol. The molecule has 370 valence electrons. The molecule has 0 aromatic rings. The number of unbranched alkanes of at least 4 members (excludes halogenated alkanes) is 32. The molecule has 0 spiro atoms. The van der Waals surface area contributed by atoms with Crippen molar-refractivity contribution in [2.45, 2.75) is 276 Å². The first kappa shape index (κ1) is 59.2. The van der Waals surface area contributed by atoms with Crippen molar-refractivity contribution < 1.29 is 23.7 Å². The molecule has 1 saturated heterocycles. The Kier molecular flexibility index (Phi) is 44.7. The molecule has 8 heteroatoms. The molecule has 0 saturated carbocycles. The lowest BCUT2D eigenvalue weighted by Crippen LogP contribution is -2.32. The van der Waals surface area contributed by atoms with Crippen molar-refractivity contribution in [1.29, 1.82) is 0 Å². The Hall–Kier alpha value is -0.770. The van der Waals surface area contributed by atoms with E-state index >= 15 is 0 Å². The maximum Gasteiger partial charge on any atom is 0.220 e. The van der Waals surface area contributed by atoms with E-state index in [2.05, 4.69) is 31.1 Å². The maximum atomic E-state index is 12.2. The van der Waals surface area contributed by atoms with Crippen LogP contribution in [0.1, 0.15) is 264 Å². The van der Waals surface area contributed by atoms with E-state index in [1.807, 2.05) is 0 Å². The fraction of sp³-hybridized carbons (Fsp3) is 0.981. The second-order valence-electron chi connectivity index (χ2n) is 19.3. The van der Waals surface area contributed by atoms with Crippen LogP contribution in [0.4, 0.5) is 0 Å². The summed E-state index contributed by atoms with van der Waals surface area (Å²) >= 11 is 0. The Morgan fingerprint density at radius 3 is 1.39 bits per heavy atom. The molecule has 1 heterocycles. The van der Waals surface area contributed by atoms with E-state index in [-0.39, 0.29) is 17.8 Å². The standard InChI is InChI=1S/C54H109N3O5/c1-4-6-8-10-12-14-16-18-20-22-24-26-28-30-32-36-41-54(42-37-33-31-29-27-25-23-21-19-17-15-13-11-9-7-5-2)61-51-52(62-54)40-46-57(3)45-38-34-35-39-53(58)56-44-48-60-50-49-59-47-43-55/h52H,4-51,55H2,1-3H3,(H,56,58). The quantitative estimate of drug-likeness (QED) is 0.0588. The molecule has 1 rings (SSSR count). The van der Waals surface area contributed by atoms with Gasteiger partial charge in [-0.15, -0.1) is 0 Å². The molecule has 0 aromatic carbocycles. The van der Waals surface area contributed by atoms with Gasteiger partial charge in [-0.1, -0.05) is 213 Å². The van der Waals surface area contributed by atoms with E-state index in [0.717, 1.165) is 58.2 Å². The second-order valence-corrected chi connectivity index (χ2v) is 19.3. The molecule has 62 heavy (non-hydrogen) atoms. The van der Waals surface area contributed by atoms with Crippen LogP contribution in [0.15, 0.2) is 0 Å². The average Bonchev–Trinajstić information content (AvgIpc) is 3.68. The molecule has 1 aliphatic rings. The molecule has 0 radical (unpaired) electrons. The number of amides is 1. The van der Waals surface area contributed by atoms with Gasteiger partial charge in [0, 0.05) is 38.9 Å². The van der Waals surface area contributed by atoms with E-state index in [0.29, 0.717) is 45.9 Å². The number of nitrogens with one attached hydrogen (secondary N) is 1. The summed E-state index contributed by atoms with van der Waals surface area (Å²) in [5.41, 5.74) is 5.41. The number of carbonyl (C=O) groups is 1. The van der Waals surface area contributed by atoms with E-state index in [4.69, 9.17) is 24.7 Å². The van der Waals surface area contributed by atoms with Gasteiger partial charge in [-0.05, 0) is 45.7 Å². The monoisotopic (exact) mass is 880 g/mol. The lowest BCUT2D eigenvalue weighted by molar-refractivity contribution is -0.180. The first-order valence-electron chi connectivity index (χ1n) is 27.7. The van der Waals surface area contributed by atoms with Crippen molar-refractivity contribution in [2.75, 3.05) is 66.3 Å². The Balaban J connectivity index is 2.27. The molecule has 1 fully saturated rings. The number of nitrogens with zero attached hydrogens (tertiary/aromatic N) is 1. The van der Waals surface area contributed by atoms with E-state index in [9.17, 15) is 4.79 Å². The van der Waals surface area contributed by atoms with Crippen LogP contribution in [0.5, 0.6) is 0 Å². The van der Waals surface area contributed by atoms with Crippen molar-refractivity contribution in [3.63, 3.8) is 0 Å². The smallest absolute Gasteiger partial charge is 0.220 e. The van der Waals surface area contributed by atoms with Crippen LogP contribution in [0.3, 0.4) is 0 Å². The van der Waals surface area contributed by atoms with Gasteiger partial charge < -0.3 is 34.9 Å². The zero-order chi connectivity index (χ0) is 44.7. The minimum Gasteiger partial charge on any atom is -0.378 e. The predicted octanol–water partition coefficient (Wildman–Crippen LogP) is 14.4. The first-order chi connectivity index (χ1) is 30.5. The zero-order valence-electron chi connectivity index (χ0n) is 42.1. The van der Waals surface area contributed by atoms with Gasteiger partial charge >= 0.3 is 0 Å². The van der Waals surface area contributed by atoms with Gasteiger partial charge in [0.1, 0.15) is 0 Å². The fourth-order valence-electron chi connectivity index (χ4n) is 9.11. The largest absolute Gasteiger partial charge is 0.378 e.